The summed E-state index contributed by atoms with van der Waals surface area (Å²) in [6.07, 6.45) is 4.11. The van der Waals surface area contributed by atoms with Crippen LogP contribution in [0.5, 0.6) is 0 Å². The molecular formula is C9H18O2. The first kappa shape index (κ1) is 9.01. The summed E-state index contributed by atoms with van der Waals surface area (Å²) in [5.41, 5.74) is -0.474. The lowest BCUT2D eigenvalue weighted by atomic mass is 9.91. The molecule has 0 aromatic heterocycles. The molecule has 0 amide bonds. The molecule has 0 unspecified atom stereocenters. The Balaban J connectivity index is 2.34. The highest BCUT2D eigenvalue weighted by molar-refractivity contribution is 4.80. The summed E-state index contributed by atoms with van der Waals surface area (Å²) in [7, 11) is 0. The molecule has 0 aliphatic carbocycles. The number of ether oxygens (including phenoxy) is 1. The molecule has 0 bridgehead atoms. The Hall–Kier alpha value is -0.0800. The Morgan fingerprint density at radius 1 is 1.64 bits per heavy atom. The van der Waals surface area contributed by atoms with Crippen molar-refractivity contribution in [1.29, 1.82) is 0 Å². The minimum atomic E-state index is -0.474. The van der Waals surface area contributed by atoms with Crippen molar-refractivity contribution >= 4 is 0 Å². The quantitative estimate of drug-likeness (QED) is 0.663. The number of rotatable bonds is 2. The summed E-state index contributed by atoms with van der Waals surface area (Å²) < 4.78 is 5.49. The van der Waals surface area contributed by atoms with Crippen LogP contribution in [0.1, 0.15) is 39.5 Å². The molecule has 1 saturated heterocycles. The number of hydrogen-bond acceptors (Lipinski definition) is 2. The molecule has 0 spiro atoms. The van der Waals surface area contributed by atoms with Gasteiger partial charge in [0.1, 0.15) is 0 Å². The molecule has 0 aromatic carbocycles. The zero-order valence-corrected chi connectivity index (χ0v) is 7.47. The van der Waals surface area contributed by atoms with E-state index in [1.165, 1.54) is 0 Å². The summed E-state index contributed by atoms with van der Waals surface area (Å²) in [5, 5.41) is 9.69. The lowest BCUT2D eigenvalue weighted by molar-refractivity contribution is -0.0955. The van der Waals surface area contributed by atoms with Crippen LogP contribution in [0.25, 0.3) is 0 Å². The lowest BCUT2D eigenvalue weighted by Gasteiger charge is -2.33. The van der Waals surface area contributed by atoms with Crippen LogP contribution in [0.4, 0.5) is 0 Å². The molecule has 1 fully saturated rings. The standard InChI is InChI=1S/C9H18O2/c1-3-4-8-7-9(2,10)5-6-11-8/h8,10H,3-7H2,1-2H3/t8-,9+/m0/s1. The number of aliphatic hydroxyl groups is 1. The average molecular weight is 158 g/mol. The van der Waals surface area contributed by atoms with Gasteiger partial charge in [-0.15, -0.1) is 0 Å². The maximum atomic E-state index is 9.69. The van der Waals surface area contributed by atoms with Crippen LogP contribution in [0, 0.1) is 0 Å². The summed E-state index contributed by atoms with van der Waals surface area (Å²) >= 11 is 0. The van der Waals surface area contributed by atoms with Crippen molar-refractivity contribution in [2.24, 2.45) is 0 Å². The normalized spacial score (nSPS) is 39.0. The smallest absolute Gasteiger partial charge is 0.0666 e. The molecule has 1 aliphatic rings. The first-order valence-corrected chi connectivity index (χ1v) is 4.48. The van der Waals surface area contributed by atoms with Crippen LogP contribution in [-0.4, -0.2) is 23.4 Å². The van der Waals surface area contributed by atoms with E-state index in [4.69, 9.17) is 4.74 Å². The van der Waals surface area contributed by atoms with Gasteiger partial charge in [-0.05, 0) is 19.8 Å². The molecule has 2 heteroatoms. The van der Waals surface area contributed by atoms with E-state index in [-0.39, 0.29) is 0 Å². The zero-order chi connectivity index (χ0) is 8.32. The molecule has 1 heterocycles. The van der Waals surface area contributed by atoms with Crippen LogP contribution in [-0.2, 0) is 4.74 Å². The highest BCUT2D eigenvalue weighted by atomic mass is 16.5. The van der Waals surface area contributed by atoms with Gasteiger partial charge in [0, 0.05) is 13.0 Å². The third-order valence-electron chi connectivity index (χ3n) is 2.27. The first-order valence-electron chi connectivity index (χ1n) is 4.48. The fraction of sp³-hybridized carbons (Fsp3) is 1.00. The van der Waals surface area contributed by atoms with Gasteiger partial charge in [0.25, 0.3) is 0 Å². The van der Waals surface area contributed by atoms with Crippen molar-refractivity contribution < 1.29 is 9.84 Å². The summed E-state index contributed by atoms with van der Waals surface area (Å²) in [6.45, 7) is 4.77. The second-order valence-electron chi connectivity index (χ2n) is 3.73. The highest BCUT2D eigenvalue weighted by Crippen LogP contribution is 2.25. The maximum Gasteiger partial charge on any atom is 0.0666 e. The van der Waals surface area contributed by atoms with E-state index in [9.17, 15) is 5.11 Å². The van der Waals surface area contributed by atoms with Crippen LogP contribution in [0.15, 0.2) is 0 Å². The summed E-state index contributed by atoms with van der Waals surface area (Å²) in [5.74, 6) is 0. The fourth-order valence-corrected chi connectivity index (χ4v) is 1.60. The molecule has 11 heavy (non-hydrogen) atoms. The summed E-state index contributed by atoms with van der Waals surface area (Å²) in [4.78, 5) is 0. The van der Waals surface area contributed by atoms with Gasteiger partial charge in [-0.2, -0.15) is 0 Å². The Bertz CT molecular complexity index is 119. The molecule has 1 aliphatic heterocycles. The topological polar surface area (TPSA) is 29.5 Å². The molecule has 1 rings (SSSR count). The minimum Gasteiger partial charge on any atom is -0.390 e. The van der Waals surface area contributed by atoms with E-state index in [1.807, 2.05) is 6.92 Å². The van der Waals surface area contributed by atoms with Gasteiger partial charge in [-0.25, -0.2) is 0 Å². The van der Waals surface area contributed by atoms with Crippen molar-refractivity contribution in [2.75, 3.05) is 6.61 Å². The third kappa shape index (κ3) is 2.80. The van der Waals surface area contributed by atoms with Gasteiger partial charge in [-0.1, -0.05) is 13.3 Å². The second-order valence-corrected chi connectivity index (χ2v) is 3.73. The molecule has 2 atom stereocenters. The molecular weight excluding hydrogens is 140 g/mol. The SMILES string of the molecule is CCC[C@H]1C[C@](C)(O)CCO1. The minimum absolute atomic E-state index is 0.295. The first-order chi connectivity index (χ1) is 5.14. The maximum absolute atomic E-state index is 9.69. The van der Waals surface area contributed by atoms with E-state index in [1.54, 1.807) is 0 Å². The Labute approximate surface area is 68.6 Å². The molecule has 0 aromatic rings. The summed E-state index contributed by atoms with van der Waals surface area (Å²) in [6, 6.07) is 0. The van der Waals surface area contributed by atoms with E-state index in [0.717, 1.165) is 32.3 Å². The van der Waals surface area contributed by atoms with Crippen molar-refractivity contribution in [3.63, 3.8) is 0 Å². The van der Waals surface area contributed by atoms with E-state index in [0.29, 0.717) is 6.10 Å². The van der Waals surface area contributed by atoms with Gasteiger partial charge in [0.15, 0.2) is 0 Å². The predicted molar refractivity (Wildman–Crippen MR) is 44.5 cm³/mol. The molecule has 2 nitrogen and oxygen atoms in total. The monoisotopic (exact) mass is 158 g/mol. The number of hydrogen-bond donors (Lipinski definition) is 1. The Morgan fingerprint density at radius 2 is 2.36 bits per heavy atom. The average Bonchev–Trinajstić information content (AvgIpc) is 1.85. The lowest BCUT2D eigenvalue weighted by Crippen LogP contribution is -2.38. The Kier molecular flexibility index (Phi) is 2.90. The highest BCUT2D eigenvalue weighted by Gasteiger charge is 2.29. The van der Waals surface area contributed by atoms with E-state index < -0.39 is 5.60 Å². The van der Waals surface area contributed by atoms with Gasteiger partial charge >= 0.3 is 0 Å². The third-order valence-corrected chi connectivity index (χ3v) is 2.27. The van der Waals surface area contributed by atoms with Gasteiger partial charge in [-0.3, -0.25) is 0 Å². The van der Waals surface area contributed by atoms with Crippen LogP contribution in [0.2, 0.25) is 0 Å². The largest absolute Gasteiger partial charge is 0.390 e. The van der Waals surface area contributed by atoms with Gasteiger partial charge in [0.05, 0.1) is 11.7 Å². The zero-order valence-electron chi connectivity index (χ0n) is 7.47. The van der Waals surface area contributed by atoms with Gasteiger partial charge < -0.3 is 9.84 Å². The molecule has 0 saturated carbocycles. The van der Waals surface area contributed by atoms with Crippen LogP contribution < -0.4 is 0 Å². The molecule has 1 N–H and O–H groups in total. The van der Waals surface area contributed by atoms with Gasteiger partial charge in [0.2, 0.25) is 0 Å². The van der Waals surface area contributed by atoms with E-state index in [2.05, 4.69) is 6.92 Å². The van der Waals surface area contributed by atoms with Crippen LogP contribution >= 0.6 is 0 Å². The fourth-order valence-electron chi connectivity index (χ4n) is 1.60. The van der Waals surface area contributed by atoms with Crippen molar-refractivity contribution in [3.05, 3.63) is 0 Å². The Morgan fingerprint density at radius 3 is 2.91 bits per heavy atom. The van der Waals surface area contributed by atoms with Crippen LogP contribution in [0.3, 0.4) is 0 Å². The van der Waals surface area contributed by atoms with Crippen molar-refractivity contribution in [2.45, 2.75) is 51.2 Å². The van der Waals surface area contributed by atoms with E-state index >= 15 is 0 Å². The van der Waals surface area contributed by atoms with Crippen molar-refractivity contribution in [1.82, 2.24) is 0 Å². The second kappa shape index (κ2) is 3.55. The molecule has 0 radical (unpaired) electrons. The predicted octanol–water partition coefficient (Wildman–Crippen LogP) is 1.72. The molecule has 66 valence electrons. The van der Waals surface area contributed by atoms with Crippen molar-refractivity contribution in [3.8, 4) is 0 Å².